The van der Waals surface area contributed by atoms with E-state index in [1.165, 1.54) is 0 Å². The molecule has 0 atom stereocenters. The van der Waals surface area contributed by atoms with Crippen LogP contribution < -0.4 is 9.80 Å². The molecule has 4 rings (SSSR count). The van der Waals surface area contributed by atoms with Crippen LogP contribution in [0.5, 0.6) is 11.5 Å². The van der Waals surface area contributed by atoms with Crippen molar-refractivity contribution < 1.29 is 19.8 Å². The molecule has 0 saturated carbocycles. The number of halogens is 1. The average molecular weight is 386 g/mol. The molecule has 1 aromatic heterocycles. The smallest absolute Gasteiger partial charge is 0.190 e. The number of benzene rings is 1. The summed E-state index contributed by atoms with van der Waals surface area (Å²) in [4.78, 5) is 32.5. The molecular weight excluding hydrogens is 370 g/mol. The summed E-state index contributed by atoms with van der Waals surface area (Å²) in [5, 5.41) is 21.0. The molecule has 27 heavy (non-hydrogen) atoms. The van der Waals surface area contributed by atoms with Crippen LogP contribution in [0.1, 0.15) is 20.7 Å². The lowest BCUT2D eigenvalue weighted by molar-refractivity contribution is 0.0989. The first kappa shape index (κ1) is 17.4. The predicted octanol–water partition coefficient (Wildman–Crippen LogP) is 2.41. The fourth-order valence-electron chi connectivity index (χ4n) is 3.47. The predicted molar refractivity (Wildman–Crippen MR) is 101 cm³/mol. The topological polar surface area (TPSA) is 94.0 Å². The van der Waals surface area contributed by atoms with Crippen molar-refractivity contribution in [2.75, 3.05) is 36.0 Å². The Balaban J connectivity index is 1.68. The maximum absolute atomic E-state index is 12.2. The van der Waals surface area contributed by atoms with E-state index in [9.17, 15) is 19.8 Å². The van der Waals surface area contributed by atoms with Crippen LogP contribution in [0.3, 0.4) is 0 Å². The van der Waals surface area contributed by atoms with Gasteiger partial charge < -0.3 is 20.0 Å². The summed E-state index contributed by atoms with van der Waals surface area (Å²) in [6.45, 7) is 2.24. The monoisotopic (exact) mass is 385 g/mol. The number of phenolic OH excluding ortho intramolecular Hbond substituents is 2. The minimum atomic E-state index is -0.564. The van der Waals surface area contributed by atoms with E-state index in [1.54, 1.807) is 11.1 Å². The van der Waals surface area contributed by atoms with Crippen molar-refractivity contribution in [3.8, 4) is 11.5 Å². The molecule has 1 saturated heterocycles. The number of carbonyl (C=O) groups excluding carboxylic acids is 2. The Labute approximate surface area is 160 Å². The summed E-state index contributed by atoms with van der Waals surface area (Å²) in [6, 6.07) is 5.68. The van der Waals surface area contributed by atoms with Gasteiger partial charge in [-0.1, -0.05) is 17.7 Å². The van der Waals surface area contributed by atoms with Crippen molar-refractivity contribution in [2.24, 2.45) is 0 Å². The van der Waals surface area contributed by atoms with Crippen LogP contribution in [0.2, 0.25) is 5.02 Å². The first-order chi connectivity index (χ1) is 13.0. The number of rotatable bonds is 2. The van der Waals surface area contributed by atoms with E-state index in [2.05, 4.69) is 9.88 Å². The second-order valence-electron chi connectivity index (χ2n) is 6.33. The first-order valence-corrected chi connectivity index (χ1v) is 8.82. The summed E-state index contributed by atoms with van der Waals surface area (Å²) < 4.78 is 0. The van der Waals surface area contributed by atoms with Gasteiger partial charge in [-0.15, -0.1) is 0 Å². The lowest BCUT2D eigenvalue weighted by atomic mass is 9.91. The van der Waals surface area contributed by atoms with Crippen LogP contribution in [-0.2, 0) is 0 Å². The third-order valence-corrected chi connectivity index (χ3v) is 5.17. The molecule has 0 unspecified atom stereocenters. The van der Waals surface area contributed by atoms with Gasteiger partial charge in [0.2, 0.25) is 0 Å². The summed E-state index contributed by atoms with van der Waals surface area (Å²) in [7, 11) is 0. The van der Waals surface area contributed by atoms with Gasteiger partial charge in [0.25, 0.3) is 0 Å². The summed E-state index contributed by atoms with van der Waals surface area (Å²) >= 11 is 6.27. The number of allylic oxidation sites excluding steroid dienone is 2. The molecule has 0 spiro atoms. The highest BCUT2D eigenvalue weighted by Crippen LogP contribution is 2.48. The molecule has 2 aliphatic rings. The molecule has 7 nitrogen and oxygen atoms in total. The van der Waals surface area contributed by atoms with Gasteiger partial charge in [0.1, 0.15) is 22.3 Å². The van der Waals surface area contributed by atoms with Crippen LogP contribution >= 0.6 is 11.6 Å². The number of carbonyl (C=O) groups is 2. The van der Waals surface area contributed by atoms with Gasteiger partial charge in [-0.25, -0.2) is 4.98 Å². The largest absolute Gasteiger partial charge is 0.505 e. The number of aromatic nitrogens is 1. The zero-order chi connectivity index (χ0) is 19.1. The van der Waals surface area contributed by atoms with Crippen LogP contribution in [0.4, 0.5) is 11.5 Å². The van der Waals surface area contributed by atoms with Crippen molar-refractivity contribution in [1.82, 2.24) is 4.98 Å². The number of aromatic hydroxyl groups is 2. The minimum Gasteiger partial charge on any atom is -0.505 e. The Bertz CT molecular complexity index is 967. The quantitative estimate of drug-likeness (QED) is 0.766. The van der Waals surface area contributed by atoms with Crippen molar-refractivity contribution >= 4 is 34.7 Å². The molecule has 0 radical (unpaired) electrons. The van der Waals surface area contributed by atoms with Crippen molar-refractivity contribution in [2.45, 2.75) is 0 Å². The molecule has 0 amide bonds. The molecule has 2 N–H and O–H groups in total. The maximum Gasteiger partial charge on any atom is 0.190 e. The number of piperazine rings is 1. The second-order valence-corrected chi connectivity index (χ2v) is 6.71. The zero-order valence-corrected chi connectivity index (χ0v) is 15.0. The van der Waals surface area contributed by atoms with Crippen molar-refractivity contribution in [3.05, 3.63) is 52.7 Å². The number of pyridine rings is 1. The Morgan fingerprint density at radius 1 is 0.889 bits per heavy atom. The molecule has 2 aromatic rings. The molecule has 1 aromatic carbocycles. The number of fused-ring (bicyclic) bond motifs is 1. The fraction of sp³-hybridized carbons (Fsp3) is 0.211. The third kappa shape index (κ3) is 2.80. The van der Waals surface area contributed by atoms with Crippen molar-refractivity contribution in [1.29, 1.82) is 0 Å². The van der Waals surface area contributed by atoms with Crippen LogP contribution in [-0.4, -0.2) is 52.9 Å². The van der Waals surface area contributed by atoms with Gasteiger partial charge in [-0.05, 0) is 24.3 Å². The van der Waals surface area contributed by atoms with Gasteiger partial charge in [-0.3, -0.25) is 9.59 Å². The molecule has 2 heterocycles. The normalized spacial score (nSPS) is 16.6. The summed E-state index contributed by atoms with van der Waals surface area (Å²) in [6.07, 6.45) is 3.87. The van der Waals surface area contributed by atoms with Crippen LogP contribution in [0.15, 0.2) is 36.5 Å². The number of hydrogen-bond acceptors (Lipinski definition) is 7. The molecule has 1 aliphatic carbocycles. The Hall–Kier alpha value is -3.06. The SMILES string of the molecule is O=C1C=CC(=O)c2c(O)c(N3CCN(c4ccccn4)CC3)c(Cl)c(O)c21. The molecule has 1 fully saturated rings. The Morgan fingerprint density at radius 2 is 1.48 bits per heavy atom. The van der Waals surface area contributed by atoms with E-state index in [-0.39, 0.29) is 27.6 Å². The van der Waals surface area contributed by atoms with Gasteiger partial charge in [0.15, 0.2) is 17.3 Å². The van der Waals surface area contributed by atoms with E-state index in [0.717, 1.165) is 18.0 Å². The van der Waals surface area contributed by atoms with Crippen LogP contribution in [0.25, 0.3) is 0 Å². The minimum absolute atomic E-state index is 0.131. The lowest BCUT2D eigenvalue weighted by Crippen LogP contribution is -2.47. The highest BCUT2D eigenvalue weighted by molar-refractivity contribution is 6.37. The summed E-state index contributed by atoms with van der Waals surface area (Å²) in [5.74, 6) is -1.10. The number of anilines is 2. The Kier molecular flexibility index (Phi) is 4.24. The van der Waals surface area contributed by atoms with E-state index < -0.39 is 17.3 Å². The third-order valence-electron chi connectivity index (χ3n) is 4.81. The molecule has 1 aliphatic heterocycles. The first-order valence-electron chi connectivity index (χ1n) is 8.44. The number of phenols is 2. The highest BCUT2D eigenvalue weighted by Gasteiger charge is 2.34. The second kappa shape index (κ2) is 6.59. The molecular formula is C19H16ClN3O4. The van der Waals surface area contributed by atoms with E-state index in [0.29, 0.717) is 26.2 Å². The highest BCUT2D eigenvalue weighted by atomic mass is 35.5. The Morgan fingerprint density at radius 3 is 2.07 bits per heavy atom. The van der Waals surface area contributed by atoms with E-state index >= 15 is 0 Å². The van der Waals surface area contributed by atoms with Crippen LogP contribution in [0, 0.1) is 0 Å². The molecule has 8 heteroatoms. The van der Waals surface area contributed by atoms with Gasteiger partial charge in [0, 0.05) is 32.4 Å². The average Bonchev–Trinajstić information content (AvgIpc) is 2.69. The number of hydrogen-bond donors (Lipinski definition) is 2. The molecule has 0 bridgehead atoms. The van der Waals surface area contributed by atoms with Gasteiger partial charge in [0.05, 0.1) is 11.1 Å². The van der Waals surface area contributed by atoms with E-state index in [4.69, 9.17) is 11.6 Å². The standard InChI is InChI=1S/C19H16ClN3O4/c20-16-17(19(27)15-12(25)5-4-11(24)14(15)18(16)26)23-9-7-22(8-10-23)13-3-1-2-6-21-13/h1-6,26-27H,7-10H2. The molecule has 138 valence electrons. The number of ketones is 2. The van der Waals surface area contributed by atoms with Gasteiger partial charge >= 0.3 is 0 Å². The zero-order valence-electron chi connectivity index (χ0n) is 14.2. The maximum atomic E-state index is 12.2. The van der Waals surface area contributed by atoms with E-state index in [1.807, 2.05) is 18.2 Å². The fourth-order valence-corrected chi connectivity index (χ4v) is 3.77. The summed E-state index contributed by atoms with van der Waals surface area (Å²) in [5.41, 5.74) is -0.280. The van der Waals surface area contributed by atoms with Crippen molar-refractivity contribution in [3.63, 3.8) is 0 Å². The number of nitrogens with zero attached hydrogens (tertiary/aromatic N) is 3. The van der Waals surface area contributed by atoms with Gasteiger partial charge in [-0.2, -0.15) is 0 Å². The lowest BCUT2D eigenvalue weighted by Gasteiger charge is -2.37.